The number of carbonyl (C=O) groups is 1. The molecule has 2 aliphatic heterocycles. The molecule has 150 valence electrons. The first-order valence-electron chi connectivity index (χ1n) is 9.41. The van der Waals surface area contributed by atoms with Gasteiger partial charge in [0, 0.05) is 39.3 Å². The second-order valence-corrected chi connectivity index (χ2v) is 9.07. The molecule has 2 fully saturated rings. The summed E-state index contributed by atoms with van der Waals surface area (Å²) < 4.78 is 29.6. The van der Waals surface area contributed by atoms with Crippen LogP contribution in [0.5, 0.6) is 0 Å². The van der Waals surface area contributed by atoms with Gasteiger partial charge in [-0.2, -0.15) is 0 Å². The van der Waals surface area contributed by atoms with Crippen LogP contribution < -0.4 is 5.32 Å². The Labute approximate surface area is 157 Å². The Bertz CT molecular complexity index is 592. The molecule has 0 unspecified atom stereocenters. The fourth-order valence-corrected chi connectivity index (χ4v) is 4.43. The van der Waals surface area contributed by atoms with Crippen molar-refractivity contribution in [3.05, 3.63) is 0 Å². The fourth-order valence-electron chi connectivity index (χ4n) is 3.56. The van der Waals surface area contributed by atoms with E-state index in [2.05, 4.69) is 10.2 Å². The third kappa shape index (κ3) is 5.84. The lowest BCUT2D eigenvalue weighted by atomic mass is 9.97. The van der Waals surface area contributed by atoms with Crippen LogP contribution in [0.2, 0.25) is 0 Å². The fraction of sp³-hybridized carbons (Fsp3) is 0.882. The van der Waals surface area contributed by atoms with Crippen LogP contribution in [0.25, 0.3) is 0 Å². The molecule has 0 amide bonds. The van der Waals surface area contributed by atoms with E-state index in [0.717, 1.165) is 51.3 Å². The molecule has 0 aromatic heterocycles. The van der Waals surface area contributed by atoms with E-state index in [0.29, 0.717) is 25.6 Å². The molecule has 8 nitrogen and oxygen atoms in total. The van der Waals surface area contributed by atoms with Gasteiger partial charge in [0.2, 0.25) is 10.0 Å². The largest absolute Gasteiger partial charge is 0.469 e. The average Bonchev–Trinajstić information content (AvgIpc) is 2.64. The molecule has 26 heavy (non-hydrogen) atoms. The number of carbonyl (C=O) groups excluding carboxylic acids is 1. The molecule has 0 radical (unpaired) electrons. The monoisotopic (exact) mass is 388 g/mol. The van der Waals surface area contributed by atoms with Crippen LogP contribution in [-0.2, 0) is 19.6 Å². The average molecular weight is 389 g/mol. The number of hydrogen-bond donors (Lipinski definition) is 1. The van der Waals surface area contributed by atoms with Crippen LogP contribution >= 0.6 is 0 Å². The highest BCUT2D eigenvalue weighted by Crippen LogP contribution is 2.21. The number of rotatable bonds is 5. The van der Waals surface area contributed by atoms with Crippen LogP contribution in [0.3, 0.4) is 0 Å². The van der Waals surface area contributed by atoms with Gasteiger partial charge in [-0.25, -0.2) is 12.7 Å². The molecule has 1 N–H and O–H groups in total. The first kappa shape index (κ1) is 21.0. The number of guanidine groups is 1. The van der Waals surface area contributed by atoms with Crippen molar-refractivity contribution in [2.24, 2.45) is 16.8 Å². The van der Waals surface area contributed by atoms with E-state index in [-0.39, 0.29) is 11.9 Å². The molecule has 2 aliphatic rings. The summed E-state index contributed by atoms with van der Waals surface area (Å²) >= 11 is 0. The van der Waals surface area contributed by atoms with Crippen molar-refractivity contribution in [1.29, 1.82) is 0 Å². The minimum Gasteiger partial charge on any atom is -0.469 e. The minimum atomic E-state index is -3.08. The molecule has 0 saturated carbocycles. The van der Waals surface area contributed by atoms with Crippen molar-refractivity contribution in [3.8, 4) is 0 Å². The Morgan fingerprint density at radius 3 is 2.27 bits per heavy atom. The van der Waals surface area contributed by atoms with Crippen LogP contribution in [0.1, 0.15) is 32.6 Å². The summed E-state index contributed by atoms with van der Waals surface area (Å²) in [5.41, 5.74) is 0. The van der Waals surface area contributed by atoms with E-state index >= 15 is 0 Å². The second kappa shape index (κ2) is 9.55. The van der Waals surface area contributed by atoms with Crippen LogP contribution in [0.4, 0.5) is 0 Å². The zero-order valence-corrected chi connectivity index (χ0v) is 16.9. The van der Waals surface area contributed by atoms with E-state index in [9.17, 15) is 13.2 Å². The zero-order chi connectivity index (χ0) is 19.2. The molecule has 0 spiro atoms. The summed E-state index contributed by atoms with van der Waals surface area (Å²) in [5.74, 6) is 1.17. The molecule has 0 bridgehead atoms. The van der Waals surface area contributed by atoms with Gasteiger partial charge in [0.1, 0.15) is 0 Å². The Morgan fingerprint density at radius 2 is 1.77 bits per heavy atom. The molecule has 2 saturated heterocycles. The van der Waals surface area contributed by atoms with Crippen LogP contribution in [-0.4, -0.2) is 82.2 Å². The Morgan fingerprint density at radius 1 is 1.15 bits per heavy atom. The van der Waals surface area contributed by atoms with Gasteiger partial charge in [-0.1, -0.05) is 0 Å². The van der Waals surface area contributed by atoms with Gasteiger partial charge in [-0.3, -0.25) is 9.79 Å². The third-order valence-corrected chi connectivity index (χ3v) is 6.51. The quantitative estimate of drug-likeness (QED) is 0.419. The lowest BCUT2D eigenvalue weighted by Gasteiger charge is -2.34. The number of esters is 1. The molecule has 2 rings (SSSR count). The van der Waals surface area contributed by atoms with Gasteiger partial charge >= 0.3 is 5.97 Å². The van der Waals surface area contributed by atoms with Crippen molar-refractivity contribution in [2.75, 3.05) is 52.6 Å². The number of nitrogens with zero attached hydrogens (tertiary/aromatic N) is 3. The minimum absolute atomic E-state index is 0.0144. The summed E-state index contributed by atoms with van der Waals surface area (Å²) in [6, 6.07) is 0. The molecule has 0 atom stereocenters. The number of hydrogen-bond acceptors (Lipinski definition) is 5. The highest BCUT2D eigenvalue weighted by atomic mass is 32.2. The molecule has 0 aliphatic carbocycles. The van der Waals surface area contributed by atoms with Crippen LogP contribution in [0, 0.1) is 11.8 Å². The van der Waals surface area contributed by atoms with Gasteiger partial charge in [0.25, 0.3) is 0 Å². The van der Waals surface area contributed by atoms with Crippen molar-refractivity contribution in [1.82, 2.24) is 14.5 Å². The molecule has 0 aromatic rings. The number of methoxy groups -OCH3 is 1. The first-order valence-corrected chi connectivity index (χ1v) is 11.3. The molecular formula is C17H32N4O4S. The third-order valence-electron chi connectivity index (χ3n) is 5.21. The lowest BCUT2D eigenvalue weighted by Crippen LogP contribution is -2.47. The topological polar surface area (TPSA) is 91.3 Å². The number of nitrogens with one attached hydrogen (secondary N) is 1. The molecule has 9 heteroatoms. The maximum Gasteiger partial charge on any atom is 0.308 e. The maximum atomic E-state index is 11.7. The second-order valence-electron chi connectivity index (χ2n) is 7.08. The van der Waals surface area contributed by atoms with E-state index in [1.165, 1.54) is 13.4 Å². The van der Waals surface area contributed by atoms with Gasteiger partial charge in [-0.15, -0.1) is 0 Å². The van der Waals surface area contributed by atoms with E-state index in [4.69, 9.17) is 9.73 Å². The summed E-state index contributed by atoms with van der Waals surface area (Å²) in [7, 11) is -1.64. The SMILES string of the molecule is CCNC(=NCC1CCN(S(C)(=O)=O)CC1)N1CCC(C(=O)OC)CC1. The van der Waals surface area contributed by atoms with E-state index in [1.807, 2.05) is 6.92 Å². The zero-order valence-electron chi connectivity index (χ0n) is 16.1. The Kier molecular flexibility index (Phi) is 7.69. The summed E-state index contributed by atoms with van der Waals surface area (Å²) in [5, 5.41) is 3.34. The standard InChI is InChI=1S/C17H32N4O4S/c1-4-18-17(20-9-7-15(8-10-20)16(22)25-2)19-13-14-5-11-21(12-6-14)26(3,23)24/h14-15H,4-13H2,1-3H3,(H,18,19). The van der Waals surface area contributed by atoms with Crippen molar-refractivity contribution in [3.63, 3.8) is 0 Å². The van der Waals surface area contributed by atoms with E-state index in [1.54, 1.807) is 4.31 Å². The molecular weight excluding hydrogens is 356 g/mol. The number of piperidine rings is 2. The smallest absolute Gasteiger partial charge is 0.308 e. The van der Waals surface area contributed by atoms with E-state index < -0.39 is 10.0 Å². The predicted octanol–water partition coefficient (Wildman–Crippen LogP) is 0.509. The van der Waals surface area contributed by atoms with Crippen molar-refractivity contribution in [2.45, 2.75) is 32.6 Å². The van der Waals surface area contributed by atoms with Gasteiger partial charge in [-0.05, 0) is 38.5 Å². The predicted molar refractivity (Wildman–Crippen MR) is 101 cm³/mol. The maximum absolute atomic E-state index is 11.7. The summed E-state index contributed by atoms with van der Waals surface area (Å²) in [6.07, 6.45) is 4.53. The van der Waals surface area contributed by atoms with Crippen LogP contribution in [0.15, 0.2) is 4.99 Å². The Hall–Kier alpha value is -1.35. The Balaban J connectivity index is 1.87. The van der Waals surface area contributed by atoms with Gasteiger partial charge < -0.3 is 15.0 Å². The molecule has 2 heterocycles. The highest BCUT2D eigenvalue weighted by molar-refractivity contribution is 7.88. The van der Waals surface area contributed by atoms with Crippen molar-refractivity contribution >= 4 is 22.0 Å². The van der Waals surface area contributed by atoms with Gasteiger partial charge in [0.05, 0.1) is 19.3 Å². The normalized spacial score (nSPS) is 21.7. The summed E-state index contributed by atoms with van der Waals surface area (Å²) in [4.78, 5) is 18.7. The highest BCUT2D eigenvalue weighted by Gasteiger charge is 2.28. The number of ether oxygens (including phenoxy) is 1. The number of likely N-dealkylation sites (tertiary alicyclic amines) is 1. The van der Waals surface area contributed by atoms with Crippen molar-refractivity contribution < 1.29 is 17.9 Å². The summed E-state index contributed by atoms with van der Waals surface area (Å²) in [6.45, 7) is 6.29. The number of sulfonamides is 1. The lowest BCUT2D eigenvalue weighted by molar-refractivity contribution is -0.146. The first-order chi connectivity index (χ1) is 12.3. The molecule has 0 aromatic carbocycles. The van der Waals surface area contributed by atoms with Gasteiger partial charge in [0.15, 0.2) is 5.96 Å². The number of aliphatic imine (C=N–C) groups is 1.